The molecule has 2 aliphatic heterocycles. The van der Waals surface area contributed by atoms with Gasteiger partial charge in [-0.3, -0.25) is 14.8 Å². The van der Waals surface area contributed by atoms with Crippen LogP contribution in [0.3, 0.4) is 0 Å². The maximum Gasteiger partial charge on any atom is 0.243 e. The Morgan fingerprint density at radius 2 is 1.45 bits per heavy atom. The minimum absolute atomic E-state index is 0.0163. The van der Waals surface area contributed by atoms with Gasteiger partial charge < -0.3 is 4.52 Å². The third kappa shape index (κ3) is 4.31. The maximum atomic E-state index is 13.7. The van der Waals surface area contributed by atoms with Crippen molar-refractivity contribution in [3.05, 3.63) is 108 Å². The van der Waals surface area contributed by atoms with Crippen LogP contribution in [0.25, 0.3) is 0 Å². The monoisotopic (exact) mass is 494 g/mol. The minimum Gasteiger partial charge on any atom is -0.326 e. The molecule has 1 unspecified atom stereocenters. The Morgan fingerprint density at radius 1 is 0.939 bits per heavy atom. The van der Waals surface area contributed by atoms with Crippen molar-refractivity contribution in [1.82, 2.24) is 9.99 Å². The minimum atomic E-state index is -2.35. The number of hydrogen-bond donors (Lipinski definition) is 1. The topological polar surface area (TPSA) is 41.6 Å². The molecule has 2 aliphatic rings. The number of likely N-dealkylation sites (tertiary alicyclic amines) is 1. The molecule has 1 N–H and O–H groups in total. The third-order valence-electron chi connectivity index (χ3n) is 6.41. The molecule has 2 saturated heterocycles. The average molecular weight is 495 g/mol. The highest BCUT2D eigenvalue weighted by atomic mass is 32.9. The molecule has 170 valence electrons. The van der Waals surface area contributed by atoms with Crippen LogP contribution in [0.4, 0.5) is 0 Å². The molecule has 2 atom stereocenters. The van der Waals surface area contributed by atoms with E-state index in [1.807, 2.05) is 18.2 Å². The van der Waals surface area contributed by atoms with Crippen LogP contribution < -0.4 is 5.09 Å². The van der Waals surface area contributed by atoms with E-state index in [0.717, 1.165) is 41.8 Å². The fraction of sp³-hybridized carbons (Fsp3) is 0.269. The van der Waals surface area contributed by atoms with Crippen LogP contribution in [0.1, 0.15) is 29.5 Å². The summed E-state index contributed by atoms with van der Waals surface area (Å²) in [5.74, 6) is 0.825. The van der Waals surface area contributed by atoms with Gasteiger partial charge in [0, 0.05) is 12.3 Å². The van der Waals surface area contributed by atoms with E-state index in [0.29, 0.717) is 6.61 Å². The molecule has 4 nitrogen and oxygen atoms in total. The van der Waals surface area contributed by atoms with E-state index in [1.54, 1.807) is 11.4 Å². The van der Waals surface area contributed by atoms with Gasteiger partial charge in [-0.2, -0.15) is 0 Å². The highest BCUT2D eigenvalue weighted by molar-refractivity contribution is 8.69. The summed E-state index contributed by atoms with van der Waals surface area (Å²) in [5, 5.41) is 3.14. The molecule has 7 heteroatoms. The summed E-state index contributed by atoms with van der Waals surface area (Å²) in [7, 11) is 0. The number of hydrogen-bond acceptors (Lipinski definition) is 5. The van der Waals surface area contributed by atoms with E-state index >= 15 is 0 Å². The van der Waals surface area contributed by atoms with Crippen molar-refractivity contribution in [2.75, 3.05) is 18.9 Å². The highest BCUT2D eigenvalue weighted by Crippen LogP contribution is 2.60. The van der Waals surface area contributed by atoms with E-state index in [1.165, 1.54) is 0 Å². The summed E-state index contributed by atoms with van der Waals surface area (Å²) in [6.07, 6.45) is 1.74. The summed E-state index contributed by atoms with van der Waals surface area (Å²) < 4.78 is 5.78. The first-order valence-electron chi connectivity index (χ1n) is 11.3. The summed E-state index contributed by atoms with van der Waals surface area (Å²) in [6, 6.07) is 31.3. The van der Waals surface area contributed by atoms with Gasteiger partial charge in [0.15, 0.2) is 0 Å². The van der Waals surface area contributed by atoms with Crippen molar-refractivity contribution < 1.29 is 9.32 Å². The fourth-order valence-electron chi connectivity index (χ4n) is 5.10. The van der Waals surface area contributed by atoms with Crippen molar-refractivity contribution in [2.24, 2.45) is 0 Å². The summed E-state index contributed by atoms with van der Waals surface area (Å²) in [4.78, 5) is 16.1. The first kappa shape index (κ1) is 22.8. The predicted molar refractivity (Wildman–Crippen MR) is 140 cm³/mol. The second-order valence-electron chi connectivity index (χ2n) is 8.30. The molecule has 0 radical (unpaired) electrons. The number of amides is 1. The molecule has 3 aromatic carbocycles. The van der Waals surface area contributed by atoms with Crippen molar-refractivity contribution in [1.29, 1.82) is 0 Å². The van der Waals surface area contributed by atoms with Crippen LogP contribution in [0.5, 0.6) is 0 Å². The van der Waals surface area contributed by atoms with Crippen molar-refractivity contribution in [3.63, 3.8) is 0 Å². The third-order valence-corrected chi connectivity index (χ3v) is 11.8. The molecular formula is C26H27N2O2PS2. The first-order chi connectivity index (χ1) is 16.1. The van der Waals surface area contributed by atoms with E-state index in [2.05, 4.69) is 82.8 Å². The molecular weight excluding hydrogens is 467 g/mol. The predicted octanol–water partition coefficient (Wildman–Crippen LogP) is 5.55. The number of nitrogens with zero attached hydrogens (tertiary/aromatic N) is 1. The summed E-state index contributed by atoms with van der Waals surface area (Å²) >= 11 is 7.28. The molecule has 0 aromatic heterocycles. The average Bonchev–Trinajstić information content (AvgIpc) is 3.52. The quantitative estimate of drug-likeness (QED) is 0.360. The zero-order valence-electron chi connectivity index (χ0n) is 18.3. The van der Waals surface area contributed by atoms with Crippen LogP contribution in [0.2, 0.25) is 0 Å². The normalized spacial score (nSPS) is 23.5. The van der Waals surface area contributed by atoms with Gasteiger partial charge in [0.25, 0.3) is 0 Å². The van der Waals surface area contributed by atoms with Crippen molar-refractivity contribution >= 4 is 34.7 Å². The Labute approximate surface area is 204 Å². The summed E-state index contributed by atoms with van der Waals surface area (Å²) in [6.45, 7) is 1.42. The largest absolute Gasteiger partial charge is 0.326 e. The van der Waals surface area contributed by atoms with Crippen LogP contribution in [0.15, 0.2) is 91.0 Å². The lowest BCUT2D eigenvalue weighted by atomic mass is 9.75. The molecule has 0 spiro atoms. The molecule has 2 heterocycles. The van der Waals surface area contributed by atoms with Crippen LogP contribution in [0, 0.1) is 0 Å². The lowest BCUT2D eigenvalue weighted by molar-refractivity contribution is -0.125. The van der Waals surface area contributed by atoms with Gasteiger partial charge in [0.2, 0.25) is 11.5 Å². The van der Waals surface area contributed by atoms with E-state index in [-0.39, 0.29) is 11.9 Å². The Morgan fingerprint density at radius 3 is 1.91 bits per heavy atom. The standard InChI is InChI=1S/C26H27N2O2PS2/c29-25(27-31(32)30-19-20-33-31)24-17-10-18-28(24)26(21-11-4-1-5-12-21,22-13-6-2-7-14-22)23-15-8-3-9-16-23/h1-9,11-16,24H,10,17-20H2,(H,27,29,32)/t24-,31?/m0/s1. The van der Waals surface area contributed by atoms with Crippen molar-refractivity contribution in [3.8, 4) is 0 Å². The van der Waals surface area contributed by atoms with Crippen LogP contribution >= 0.6 is 17.0 Å². The molecule has 1 amide bonds. The van der Waals surface area contributed by atoms with Gasteiger partial charge in [-0.25, -0.2) is 0 Å². The van der Waals surface area contributed by atoms with Gasteiger partial charge >= 0.3 is 0 Å². The number of carbonyl (C=O) groups excluding carboxylic acids is 1. The van der Waals surface area contributed by atoms with Gasteiger partial charge in [0.05, 0.1) is 18.2 Å². The van der Waals surface area contributed by atoms with Gasteiger partial charge in [-0.15, -0.1) is 0 Å². The van der Waals surface area contributed by atoms with Crippen LogP contribution in [-0.2, 0) is 26.7 Å². The second kappa shape index (κ2) is 9.73. The molecule has 5 rings (SSSR count). The molecule has 0 aliphatic carbocycles. The van der Waals surface area contributed by atoms with Gasteiger partial charge in [0.1, 0.15) is 0 Å². The van der Waals surface area contributed by atoms with E-state index in [9.17, 15) is 4.79 Å². The zero-order valence-corrected chi connectivity index (χ0v) is 20.8. The first-order valence-corrected chi connectivity index (χ1v) is 15.6. The van der Waals surface area contributed by atoms with E-state index < -0.39 is 11.2 Å². The van der Waals surface area contributed by atoms with Crippen LogP contribution in [-0.4, -0.2) is 35.8 Å². The summed E-state index contributed by atoms with van der Waals surface area (Å²) in [5.41, 5.74) is 0.501. The number of nitrogens with one attached hydrogen (secondary N) is 1. The Bertz CT molecular complexity index is 1040. The van der Waals surface area contributed by atoms with E-state index in [4.69, 9.17) is 16.3 Å². The Hall–Kier alpha value is -1.95. The second-order valence-corrected chi connectivity index (χ2v) is 15.0. The lowest BCUT2D eigenvalue weighted by Crippen LogP contribution is -2.54. The smallest absolute Gasteiger partial charge is 0.243 e. The SMILES string of the molecule is O=C(NP1(=S)OCCS1)[C@@H]1CCCN1C(c1ccccc1)(c1ccccc1)c1ccccc1. The Balaban J connectivity index is 1.67. The molecule has 3 aromatic rings. The Kier molecular flexibility index (Phi) is 6.73. The zero-order chi connectivity index (χ0) is 22.7. The lowest BCUT2D eigenvalue weighted by Gasteiger charge is -2.46. The number of rotatable bonds is 6. The number of benzene rings is 3. The van der Waals surface area contributed by atoms with Crippen molar-refractivity contribution in [2.45, 2.75) is 24.4 Å². The molecule has 0 bridgehead atoms. The van der Waals surface area contributed by atoms with Gasteiger partial charge in [-0.1, -0.05) is 102 Å². The number of carbonyl (C=O) groups is 1. The molecule has 33 heavy (non-hydrogen) atoms. The molecule has 2 fully saturated rings. The van der Waals surface area contributed by atoms with Gasteiger partial charge in [-0.05, 0) is 41.3 Å². The maximum absolute atomic E-state index is 13.7. The molecule has 0 saturated carbocycles. The highest BCUT2D eigenvalue weighted by Gasteiger charge is 2.49. The fourth-order valence-corrected chi connectivity index (χ4v) is 9.60.